The molecule has 1 saturated carbocycles. The van der Waals surface area contributed by atoms with Crippen molar-refractivity contribution in [3.8, 4) is 0 Å². The van der Waals surface area contributed by atoms with Crippen LogP contribution in [0.3, 0.4) is 0 Å². The average molecular weight is 179 g/mol. The molecule has 2 unspecified atom stereocenters. The predicted molar refractivity (Wildman–Crippen MR) is 44.9 cm³/mol. The summed E-state index contributed by atoms with van der Waals surface area (Å²) in [6, 6.07) is 0. The van der Waals surface area contributed by atoms with E-state index in [1.165, 1.54) is 0 Å². The molecular formula is C8H15ClO2. The maximum absolute atomic E-state index is 9.88. The molecule has 0 amide bonds. The smallest absolute Gasteiger partial charge is 0.104 e. The van der Waals surface area contributed by atoms with Crippen molar-refractivity contribution < 1.29 is 9.84 Å². The van der Waals surface area contributed by atoms with E-state index in [9.17, 15) is 5.11 Å². The molecule has 0 bridgehead atoms. The highest BCUT2D eigenvalue weighted by Gasteiger charge is 2.38. The zero-order valence-corrected chi connectivity index (χ0v) is 7.60. The minimum Gasteiger partial charge on any atom is -0.386 e. The summed E-state index contributed by atoms with van der Waals surface area (Å²) in [7, 11) is 1.63. The second-order valence-electron chi connectivity index (χ2n) is 3.21. The van der Waals surface area contributed by atoms with E-state index in [4.69, 9.17) is 16.3 Å². The lowest BCUT2D eigenvalue weighted by Gasteiger charge is -2.37. The molecule has 66 valence electrons. The maximum Gasteiger partial charge on any atom is 0.104 e. The lowest BCUT2D eigenvalue weighted by Crippen LogP contribution is -2.47. The summed E-state index contributed by atoms with van der Waals surface area (Å²) in [5.74, 6) is 0.283. The predicted octanol–water partition coefficient (Wildman–Crippen LogP) is 1.55. The minimum atomic E-state index is -0.769. The Morgan fingerprint density at radius 3 is 2.82 bits per heavy atom. The highest BCUT2D eigenvalue weighted by molar-refractivity contribution is 6.18. The van der Waals surface area contributed by atoms with Gasteiger partial charge in [0.05, 0.1) is 12.0 Å². The molecule has 1 N–H and O–H groups in total. The molecular weight excluding hydrogens is 164 g/mol. The Morgan fingerprint density at radius 1 is 1.64 bits per heavy atom. The standard InChI is InChI=1S/C8H15ClO2/c1-11-7-4-2-3-5-8(7,10)6-9/h7,10H,2-6H2,1H3. The Balaban J connectivity index is 2.57. The van der Waals surface area contributed by atoms with Crippen LogP contribution in [0.2, 0.25) is 0 Å². The monoisotopic (exact) mass is 178 g/mol. The van der Waals surface area contributed by atoms with Crippen molar-refractivity contribution in [1.29, 1.82) is 0 Å². The minimum absolute atomic E-state index is 0.0613. The number of halogens is 1. The van der Waals surface area contributed by atoms with Gasteiger partial charge < -0.3 is 9.84 Å². The number of hydrogen-bond acceptors (Lipinski definition) is 2. The number of rotatable bonds is 2. The van der Waals surface area contributed by atoms with Gasteiger partial charge in [0.2, 0.25) is 0 Å². The van der Waals surface area contributed by atoms with Crippen LogP contribution in [0.25, 0.3) is 0 Å². The van der Waals surface area contributed by atoms with E-state index < -0.39 is 5.60 Å². The number of ether oxygens (including phenoxy) is 1. The molecule has 0 heterocycles. The summed E-state index contributed by atoms with van der Waals surface area (Å²) in [5.41, 5.74) is -0.769. The second-order valence-corrected chi connectivity index (χ2v) is 3.47. The summed E-state index contributed by atoms with van der Waals surface area (Å²) in [6.45, 7) is 0. The molecule has 1 rings (SSSR count). The van der Waals surface area contributed by atoms with Gasteiger partial charge in [0.15, 0.2) is 0 Å². The number of hydrogen-bond donors (Lipinski definition) is 1. The van der Waals surface area contributed by atoms with Gasteiger partial charge in [-0.3, -0.25) is 0 Å². The van der Waals surface area contributed by atoms with Gasteiger partial charge in [0, 0.05) is 7.11 Å². The van der Waals surface area contributed by atoms with E-state index in [0.717, 1.165) is 25.7 Å². The Morgan fingerprint density at radius 2 is 2.36 bits per heavy atom. The number of aliphatic hydroxyl groups is 1. The van der Waals surface area contributed by atoms with Crippen LogP contribution in [0, 0.1) is 0 Å². The normalized spacial score (nSPS) is 39.0. The van der Waals surface area contributed by atoms with Gasteiger partial charge in [0.25, 0.3) is 0 Å². The average Bonchev–Trinajstić information content (AvgIpc) is 2.05. The number of alkyl halides is 1. The van der Waals surface area contributed by atoms with Gasteiger partial charge in [0.1, 0.15) is 5.60 Å². The Kier molecular flexibility index (Phi) is 3.16. The van der Waals surface area contributed by atoms with Crippen LogP contribution in [0.1, 0.15) is 25.7 Å². The van der Waals surface area contributed by atoms with Gasteiger partial charge in [-0.25, -0.2) is 0 Å². The summed E-state index contributed by atoms with van der Waals surface area (Å²) in [4.78, 5) is 0. The zero-order chi connectivity index (χ0) is 8.32. The van der Waals surface area contributed by atoms with Gasteiger partial charge in [-0.15, -0.1) is 11.6 Å². The van der Waals surface area contributed by atoms with Crippen LogP contribution in [-0.4, -0.2) is 29.8 Å². The lowest BCUT2D eigenvalue weighted by molar-refractivity contribution is -0.102. The fourth-order valence-corrected chi connectivity index (χ4v) is 1.99. The highest BCUT2D eigenvalue weighted by atomic mass is 35.5. The van der Waals surface area contributed by atoms with Crippen LogP contribution < -0.4 is 0 Å². The van der Waals surface area contributed by atoms with Crippen molar-refractivity contribution in [3.63, 3.8) is 0 Å². The fraction of sp³-hybridized carbons (Fsp3) is 1.00. The van der Waals surface area contributed by atoms with Crippen molar-refractivity contribution in [1.82, 2.24) is 0 Å². The lowest BCUT2D eigenvalue weighted by atomic mass is 9.83. The molecule has 0 aromatic carbocycles. The quantitative estimate of drug-likeness (QED) is 0.651. The van der Waals surface area contributed by atoms with E-state index in [-0.39, 0.29) is 12.0 Å². The molecule has 1 aliphatic rings. The topological polar surface area (TPSA) is 29.5 Å². The first-order valence-corrected chi connectivity index (χ1v) is 4.57. The molecule has 0 aromatic rings. The van der Waals surface area contributed by atoms with E-state index in [1.54, 1.807) is 7.11 Å². The molecule has 0 aliphatic heterocycles. The van der Waals surface area contributed by atoms with Crippen molar-refractivity contribution >= 4 is 11.6 Å². The van der Waals surface area contributed by atoms with E-state index in [2.05, 4.69) is 0 Å². The molecule has 1 aliphatic carbocycles. The van der Waals surface area contributed by atoms with Crippen LogP contribution in [0.15, 0.2) is 0 Å². The third kappa shape index (κ3) is 1.86. The molecule has 11 heavy (non-hydrogen) atoms. The van der Waals surface area contributed by atoms with Crippen molar-refractivity contribution in [2.75, 3.05) is 13.0 Å². The largest absolute Gasteiger partial charge is 0.386 e. The van der Waals surface area contributed by atoms with E-state index in [0.29, 0.717) is 0 Å². The van der Waals surface area contributed by atoms with Crippen molar-refractivity contribution in [3.05, 3.63) is 0 Å². The highest BCUT2D eigenvalue weighted by Crippen LogP contribution is 2.31. The van der Waals surface area contributed by atoms with Crippen molar-refractivity contribution in [2.24, 2.45) is 0 Å². The van der Waals surface area contributed by atoms with Gasteiger partial charge >= 0.3 is 0 Å². The summed E-state index contributed by atoms with van der Waals surface area (Å²) in [6.07, 6.45) is 3.84. The van der Waals surface area contributed by atoms with Crippen LogP contribution in [-0.2, 0) is 4.74 Å². The number of methoxy groups -OCH3 is 1. The SMILES string of the molecule is COC1CCCCC1(O)CCl. The third-order valence-corrected chi connectivity index (χ3v) is 2.90. The summed E-state index contributed by atoms with van der Waals surface area (Å²) >= 11 is 5.67. The molecule has 0 radical (unpaired) electrons. The van der Waals surface area contributed by atoms with Crippen LogP contribution >= 0.6 is 11.6 Å². The Labute approximate surface area is 72.5 Å². The first-order chi connectivity index (χ1) is 5.23. The first-order valence-electron chi connectivity index (χ1n) is 4.04. The van der Waals surface area contributed by atoms with E-state index in [1.807, 2.05) is 0 Å². The molecule has 0 saturated heterocycles. The molecule has 2 atom stereocenters. The zero-order valence-electron chi connectivity index (χ0n) is 6.85. The van der Waals surface area contributed by atoms with Crippen LogP contribution in [0.4, 0.5) is 0 Å². The van der Waals surface area contributed by atoms with E-state index >= 15 is 0 Å². The van der Waals surface area contributed by atoms with Gasteiger partial charge in [-0.2, -0.15) is 0 Å². The summed E-state index contributed by atoms with van der Waals surface area (Å²) < 4.78 is 5.16. The summed E-state index contributed by atoms with van der Waals surface area (Å²) in [5, 5.41) is 9.88. The molecule has 0 spiro atoms. The van der Waals surface area contributed by atoms with Gasteiger partial charge in [-0.05, 0) is 12.8 Å². The molecule has 2 nitrogen and oxygen atoms in total. The van der Waals surface area contributed by atoms with Gasteiger partial charge in [-0.1, -0.05) is 12.8 Å². The molecule has 3 heteroatoms. The Hall–Kier alpha value is 0.210. The molecule has 1 fully saturated rings. The maximum atomic E-state index is 9.88. The van der Waals surface area contributed by atoms with Crippen LogP contribution in [0.5, 0.6) is 0 Å². The molecule has 0 aromatic heterocycles. The first kappa shape index (κ1) is 9.30. The Bertz CT molecular complexity index is 129. The van der Waals surface area contributed by atoms with Crippen molar-refractivity contribution in [2.45, 2.75) is 37.4 Å². The fourth-order valence-electron chi connectivity index (χ4n) is 1.68. The third-order valence-electron chi connectivity index (χ3n) is 2.44. The second kappa shape index (κ2) is 3.74.